The predicted octanol–water partition coefficient (Wildman–Crippen LogP) is 1.45. The normalized spacial score (nSPS) is 12.0. The van der Waals surface area contributed by atoms with E-state index in [1.54, 1.807) is 32.4 Å². The average molecular weight is 300 g/mol. The monoisotopic (exact) mass is 300 g/mol. The summed E-state index contributed by atoms with van der Waals surface area (Å²) in [6.07, 6.45) is 1.05. The molecule has 6 heteroatoms. The molecule has 0 saturated carbocycles. The van der Waals surface area contributed by atoms with Crippen LogP contribution in [0.5, 0.6) is 0 Å². The highest BCUT2D eigenvalue weighted by molar-refractivity contribution is 7.89. The van der Waals surface area contributed by atoms with Crippen molar-refractivity contribution < 1.29 is 13.2 Å². The summed E-state index contributed by atoms with van der Waals surface area (Å²) in [4.78, 5) is 0.326. The first-order chi connectivity index (χ1) is 9.52. The SMILES string of the molecule is CCCNCc1cccc(S(=O)(=O)N(C)CCOC)c1. The summed E-state index contributed by atoms with van der Waals surface area (Å²) < 4.78 is 31.0. The van der Waals surface area contributed by atoms with E-state index in [0.29, 0.717) is 24.6 Å². The van der Waals surface area contributed by atoms with Crippen LogP contribution in [-0.2, 0) is 21.3 Å². The van der Waals surface area contributed by atoms with Crippen LogP contribution in [0.2, 0.25) is 0 Å². The number of nitrogens with one attached hydrogen (secondary N) is 1. The van der Waals surface area contributed by atoms with Crippen molar-refractivity contribution >= 4 is 10.0 Å². The van der Waals surface area contributed by atoms with Gasteiger partial charge in [-0.1, -0.05) is 19.1 Å². The molecule has 0 bridgehead atoms. The first kappa shape index (κ1) is 17.1. The van der Waals surface area contributed by atoms with Gasteiger partial charge in [0, 0.05) is 27.2 Å². The fraction of sp³-hybridized carbons (Fsp3) is 0.571. The molecule has 0 unspecified atom stereocenters. The van der Waals surface area contributed by atoms with Crippen molar-refractivity contribution in [2.75, 3.05) is 33.9 Å². The molecule has 114 valence electrons. The summed E-state index contributed by atoms with van der Waals surface area (Å²) in [7, 11) is -0.317. The van der Waals surface area contributed by atoms with Gasteiger partial charge < -0.3 is 10.1 Å². The highest BCUT2D eigenvalue weighted by atomic mass is 32.2. The van der Waals surface area contributed by atoms with Gasteiger partial charge in [0.15, 0.2) is 0 Å². The van der Waals surface area contributed by atoms with Gasteiger partial charge in [-0.05, 0) is 30.7 Å². The largest absolute Gasteiger partial charge is 0.383 e. The van der Waals surface area contributed by atoms with Crippen molar-refractivity contribution in [2.24, 2.45) is 0 Å². The molecule has 1 rings (SSSR count). The molecular weight excluding hydrogens is 276 g/mol. The van der Waals surface area contributed by atoms with Crippen LogP contribution in [0.15, 0.2) is 29.2 Å². The van der Waals surface area contributed by atoms with Crippen molar-refractivity contribution in [2.45, 2.75) is 24.8 Å². The minimum Gasteiger partial charge on any atom is -0.383 e. The maximum Gasteiger partial charge on any atom is 0.242 e. The van der Waals surface area contributed by atoms with E-state index < -0.39 is 10.0 Å². The summed E-state index contributed by atoms with van der Waals surface area (Å²) in [5.74, 6) is 0. The van der Waals surface area contributed by atoms with Gasteiger partial charge >= 0.3 is 0 Å². The lowest BCUT2D eigenvalue weighted by Gasteiger charge is -2.17. The van der Waals surface area contributed by atoms with E-state index in [1.165, 1.54) is 4.31 Å². The number of likely N-dealkylation sites (N-methyl/N-ethyl adjacent to an activating group) is 1. The Labute approximate surface area is 122 Å². The second kappa shape index (κ2) is 8.36. The van der Waals surface area contributed by atoms with Gasteiger partial charge in [-0.15, -0.1) is 0 Å². The minimum atomic E-state index is -3.44. The van der Waals surface area contributed by atoms with Crippen LogP contribution >= 0.6 is 0 Å². The zero-order valence-electron chi connectivity index (χ0n) is 12.4. The summed E-state index contributed by atoms with van der Waals surface area (Å²) in [6, 6.07) is 7.06. The maximum absolute atomic E-state index is 12.4. The van der Waals surface area contributed by atoms with Crippen LogP contribution in [0.4, 0.5) is 0 Å². The Morgan fingerprint density at radius 3 is 2.75 bits per heavy atom. The van der Waals surface area contributed by atoms with Gasteiger partial charge in [0.05, 0.1) is 11.5 Å². The Kier molecular flexibility index (Phi) is 7.15. The molecule has 0 fully saturated rings. The molecule has 0 saturated heterocycles. The van der Waals surface area contributed by atoms with Gasteiger partial charge in [0.1, 0.15) is 0 Å². The lowest BCUT2D eigenvalue weighted by Crippen LogP contribution is -2.30. The molecule has 1 aromatic rings. The lowest BCUT2D eigenvalue weighted by molar-refractivity contribution is 0.185. The molecule has 0 aromatic heterocycles. The van der Waals surface area contributed by atoms with Crippen LogP contribution < -0.4 is 5.32 Å². The first-order valence-corrected chi connectivity index (χ1v) is 8.21. The van der Waals surface area contributed by atoms with Crippen LogP contribution in [0.25, 0.3) is 0 Å². The van der Waals surface area contributed by atoms with Crippen molar-refractivity contribution in [3.8, 4) is 0 Å². The van der Waals surface area contributed by atoms with Crippen molar-refractivity contribution in [3.63, 3.8) is 0 Å². The van der Waals surface area contributed by atoms with E-state index in [4.69, 9.17) is 4.74 Å². The zero-order chi connectivity index (χ0) is 15.0. The topological polar surface area (TPSA) is 58.6 Å². The molecule has 1 aromatic carbocycles. The quantitative estimate of drug-likeness (QED) is 0.701. The van der Waals surface area contributed by atoms with Gasteiger partial charge in [0.25, 0.3) is 0 Å². The Bertz CT molecular complexity index is 503. The molecule has 0 aliphatic heterocycles. The maximum atomic E-state index is 12.4. The molecular formula is C14H24N2O3S. The van der Waals surface area contributed by atoms with Gasteiger partial charge in [0.2, 0.25) is 10.0 Å². The van der Waals surface area contributed by atoms with Crippen molar-refractivity contribution in [1.29, 1.82) is 0 Å². The predicted molar refractivity (Wildman–Crippen MR) is 80.1 cm³/mol. The molecule has 0 radical (unpaired) electrons. The second-order valence-electron chi connectivity index (χ2n) is 4.64. The fourth-order valence-electron chi connectivity index (χ4n) is 1.75. The first-order valence-electron chi connectivity index (χ1n) is 6.77. The number of sulfonamides is 1. The smallest absolute Gasteiger partial charge is 0.242 e. The number of ether oxygens (including phenoxy) is 1. The molecule has 0 amide bonds. The van der Waals surface area contributed by atoms with Crippen LogP contribution in [0, 0.1) is 0 Å². The zero-order valence-corrected chi connectivity index (χ0v) is 13.2. The molecule has 1 N–H and O–H groups in total. The Morgan fingerprint density at radius 2 is 2.10 bits per heavy atom. The summed E-state index contributed by atoms with van der Waals surface area (Å²) in [6.45, 7) is 4.42. The van der Waals surface area contributed by atoms with Crippen LogP contribution in [-0.4, -0.2) is 46.6 Å². The van der Waals surface area contributed by atoms with E-state index in [1.807, 2.05) is 6.07 Å². The molecule has 0 aliphatic rings. The average Bonchev–Trinajstić information content (AvgIpc) is 2.45. The number of hydrogen-bond acceptors (Lipinski definition) is 4. The fourth-order valence-corrected chi connectivity index (χ4v) is 2.97. The van der Waals surface area contributed by atoms with Gasteiger partial charge in [-0.25, -0.2) is 8.42 Å². The summed E-state index contributed by atoms with van der Waals surface area (Å²) >= 11 is 0. The standard InChI is InChI=1S/C14H24N2O3S/c1-4-8-15-12-13-6-5-7-14(11-13)20(17,18)16(2)9-10-19-3/h5-7,11,15H,4,8-10,12H2,1-3H3. The number of rotatable bonds is 9. The Morgan fingerprint density at radius 1 is 1.35 bits per heavy atom. The molecule has 5 nitrogen and oxygen atoms in total. The third-order valence-electron chi connectivity index (χ3n) is 2.97. The minimum absolute atomic E-state index is 0.326. The molecule has 0 heterocycles. The van der Waals surface area contributed by atoms with Crippen molar-refractivity contribution in [3.05, 3.63) is 29.8 Å². The van der Waals surface area contributed by atoms with Crippen LogP contribution in [0.3, 0.4) is 0 Å². The Balaban J connectivity index is 2.81. The molecule has 20 heavy (non-hydrogen) atoms. The number of benzene rings is 1. The van der Waals surface area contributed by atoms with E-state index in [2.05, 4.69) is 12.2 Å². The molecule has 0 aliphatic carbocycles. The highest BCUT2D eigenvalue weighted by Gasteiger charge is 2.20. The van der Waals surface area contributed by atoms with Gasteiger partial charge in [-0.2, -0.15) is 4.31 Å². The highest BCUT2D eigenvalue weighted by Crippen LogP contribution is 2.15. The molecule has 0 spiro atoms. The van der Waals surface area contributed by atoms with E-state index in [9.17, 15) is 8.42 Å². The summed E-state index contributed by atoms with van der Waals surface area (Å²) in [5, 5.41) is 3.27. The number of nitrogens with zero attached hydrogens (tertiary/aromatic N) is 1. The lowest BCUT2D eigenvalue weighted by atomic mass is 10.2. The van der Waals surface area contributed by atoms with E-state index >= 15 is 0 Å². The van der Waals surface area contributed by atoms with E-state index in [-0.39, 0.29) is 0 Å². The number of hydrogen-bond donors (Lipinski definition) is 1. The third kappa shape index (κ3) is 4.86. The van der Waals surface area contributed by atoms with Crippen molar-refractivity contribution in [1.82, 2.24) is 9.62 Å². The third-order valence-corrected chi connectivity index (χ3v) is 4.83. The summed E-state index contributed by atoms with van der Waals surface area (Å²) in [5.41, 5.74) is 0.972. The van der Waals surface area contributed by atoms with Crippen LogP contribution in [0.1, 0.15) is 18.9 Å². The van der Waals surface area contributed by atoms with Gasteiger partial charge in [-0.3, -0.25) is 0 Å². The molecule has 0 atom stereocenters. The number of methoxy groups -OCH3 is 1. The Hall–Kier alpha value is -0.950. The second-order valence-corrected chi connectivity index (χ2v) is 6.69. The van der Waals surface area contributed by atoms with E-state index in [0.717, 1.165) is 18.5 Å².